The summed E-state index contributed by atoms with van der Waals surface area (Å²) in [7, 11) is 1.55. The summed E-state index contributed by atoms with van der Waals surface area (Å²) in [5, 5.41) is 8.30. The van der Waals surface area contributed by atoms with Gasteiger partial charge < -0.3 is 15.4 Å². The number of fused-ring (bicyclic) bond motifs is 2. The van der Waals surface area contributed by atoms with Crippen LogP contribution in [0.2, 0.25) is 0 Å². The largest absolute Gasteiger partial charge is 0.449 e. The number of alkyl carbamates (subject to hydrolysis) is 1. The van der Waals surface area contributed by atoms with E-state index < -0.39 is 6.09 Å². The van der Waals surface area contributed by atoms with E-state index in [1.54, 1.807) is 7.05 Å². The van der Waals surface area contributed by atoms with Crippen molar-refractivity contribution in [2.24, 2.45) is 0 Å². The SMILES string of the molecule is CNC(=O)OCCc1ccc(Nc2c3ccc(C)cc3nc3cc(C)c(C)cc23)cc1. The summed E-state index contributed by atoms with van der Waals surface area (Å²) in [6, 6.07) is 19.0. The third-order valence-electron chi connectivity index (χ3n) is 5.60. The number of anilines is 2. The molecule has 0 saturated carbocycles. The van der Waals surface area contributed by atoms with Crippen LogP contribution in [-0.4, -0.2) is 24.7 Å². The molecule has 1 heterocycles. The number of hydrogen-bond donors (Lipinski definition) is 2. The molecular formula is C26H27N3O2. The van der Waals surface area contributed by atoms with Crippen molar-refractivity contribution in [3.8, 4) is 0 Å². The Bertz CT molecular complexity index is 1260. The van der Waals surface area contributed by atoms with Gasteiger partial charge >= 0.3 is 6.09 Å². The number of nitrogens with zero attached hydrogens (tertiary/aromatic N) is 1. The van der Waals surface area contributed by atoms with Crippen molar-refractivity contribution in [2.45, 2.75) is 27.2 Å². The molecule has 31 heavy (non-hydrogen) atoms. The third-order valence-corrected chi connectivity index (χ3v) is 5.60. The van der Waals surface area contributed by atoms with Gasteiger partial charge in [-0.05, 0) is 73.4 Å². The van der Waals surface area contributed by atoms with E-state index in [0.717, 1.165) is 38.7 Å². The quantitative estimate of drug-likeness (QED) is 0.397. The van der Waals surface area contributed by atoms with Gasteiger partial charge in [-0.15, -0.1) is 0 Å². The number of rotatable bonds is 5. The number of hydrogen-bond acceptors (Lipinski definition) is 4. The van der Waals surface area contributed by atoms with Crippen LogP contribution in [-0.2, 0) is 11.2 Å². The molecule has 4 rings (SSSR count). The first kappa shape index (κ1) is 20.7. The highest BCUT2D eigenvalue weighted by atomic mass is 16.5. The zero-order valence-corrected chi connectivity index (χ0v) is 18.4. The Morgan fingerprint density at radius 1 is 0.903 bits per heavy atom. The van der Waals surface area contributed by atoms with Gasteiger partial charge in [0.05, 0.1) is 23.3 Å². The van der Waals surface area contributed by atoms with Gasteiger partial charge in [-0.25, -0.2) is 9.78 Å². The van der Waals surface area contributed by atoms with Crippen molar-refractivity contribution in [3.05, 3.63) is 76.9 Å². The fourth-order valence-electron chi connectivity index (χ4n) is 3.68. The first-order valence-corrected chi connectivity index (χ1v) is 10.5. The number of amides is 1. The summed E-state index contributed by atoms with van der Waals surface area (Å²) in [6.45, 7) is 6.69. The molecule has 0 aliphatic heterocycles. The first-order valence-electron chi connectivity index (χ1n) is 10.5. The molecular weight excluding hydrogens is 386 g/mol. The number of aromatic nitrogens is 1. The van der Waals surface area contributed by atoms with Crippen LogP contribution in [0.3, 0.4) is 0 Å². The van der Waals surface area contributed by atoms with Crippen LogP contribution < -0.4 is 10.6 Å². The van der Waals surface area contributed by atoms with Crippen LogP contribution in [0.5, 0.6) is 0 Å². The van der Waals surface area contributed by atoms with Crippen molar-refractivity contribution < 1.29 is 9.53 Å². The second-order valence-corrected chi connectivity index (χ2v) is 7.92. The summed E-state index contributed by atoms with van der Waals surface area (Å²) >= 11 is 0. The van der Waals surface area contributed by atoms with Gasteiger partial charge in [0, 0.05) is 29.9 Å². The molecule has 0 bridgehead atoms. The summed E-state index contributed by atoms with van der Waals surface area (Å²) < 4.78 is 5.08. The molecule has 1 amide bonds. The molecule has 0 radical (unpaired) electrons. The molecule has 0 aliphatic carbocycles. The first-order chi connectivity index (χ1) is 14.9. The molecule has 2 N–H and O–H groups in total. The number of aryl methyl sites for hydroxylation is 3. The van der Waals surface area contributed by atoms with Gasteiger partial charge in [-0.3, -0.25) is 0 Å². The monoisotopic (exact) mass is 413 g/mol. The average molecular weight is 414 g/mol. The fraction of sp³-hybridized carbons (Fsp3) is 0.231. The average Bonchev–Trinajstić information content (AvgIpc) is 2.75. The van der Waals surface area contributed by atoms with E-state index in [-0.39, 0.29) is 0 Å². The lowest BCUT2D eigenvalue weighted by Gasteiger charge is -2.15. The highest BCUT2D eigenvalue weighted by molar-refractivity contribution is 6.09. The van der Waals surface area contributed by atoms with Crippen LogP contribution in [0.4, 0.5) is 16.2 Å². The molecule has 0 atom stereocenters. The minimum absolute atomic E-state index is 0.351. The predicted octanol–water partition coefficient (Wildman–Crippen LogP) is 5.96. The highest BCUT2D eigenvalue weighted by Gasteiger charge is 2.11. The van der Waals surface area contributed by atoms with E-state index in [9.17, 15) is 4.79 Å². The van der Waals surface area contributed by atoms with Crippen molar-refractivity contribution in [2.75, 3.05) is 19.0 Å². The van der Waals surface area contributed by atoms with Gasteiger partial charge in [-0.1, -0.05) is 24.3 Å². The standard InChI is InChI=1S/C26H27N3O2/c1-16-5-10-21-23(13-16)29-24-15-18(3)17(2)14-22(24)25(21)28-20-8-6-19(7-9-20)11-12-31-26(30)27-4/h5-10,13-15H,11-12H2,1-4H3,(H,27,30)(H,28,29). The summed E-state index contributed by atoms with van der Waals surface area (Å²) in [4.78, 5) is 16.1. The van der Waals surface area contributed by atoms with E-state index in [1.165, 1.54) is 16.7 Å². The smallest absolute Gasteiger partial charge is 0.406 e. The molecule has 0 unspecified atom stereocenters. The topological polar surface area (TPSA) is 63.2 Å². The Balaban J connectivity index is 1.68. The lowest BCUT2D eigenvalue weighted by Crippen LogP contribution is -2.20. The Kier molecular flexibility index (Phi) is 5.76. The molecule has 1 aromatic heterocycles. The van der Waals surface area contributed by atoms with Crippen molar-refractivity contribution in [1.82, 2.24) is 10.3 Å². The van der Waals surface area contributed by atoms with Crippen molar-refractivity contribution >= 4 is 39.3 Å². The maximum Gasteiger partial charge on any atom is 0.406 e. The molecule has 5 nitrogen and oxygen atoms in total. The summed E-state index contributed by atoms with van der Waals surface area (Å²) in [5.41, 5.74) is 8.84. The Hall–Kier alpha value is -3.60. The minimum Gasteiger partial charge on any atom is -0.449 e. The second-order valence-electron chi connectivity index (χ2n) is 7.92. The van der Waals surface area contributed by atoms with Crippen LogP contribution in [0, 0.1) is 20.8 Å². The molecule has 0 aliphatic rings. The number of pyridine rings is 1. The molecule has 0 saturated heterocycles. The van der Waals surface area contributed by atoms with Gasteiger partial charge in [0.25, 0.3) is 0 Å². The predicted molar refractivity (Wildman–Crippen MR) is 127 cm³/mol. The van der Waals surface area contributed by atoms with Crippen molar-refractivity contribution in [1.29, 1.82) is 0 Å². The third kappa shape index (κ3) is 4.45. The highest BCUT2D eigenvalue weighted by Crippen LogP contribution is 2.35. The van der Waals surface area contributed by atoms with Crippen LogP contribution in [0.25, 0.3) is 21.8 Å². The maximum atomic E-state index is 11.2. The Labute approximate surface area is 182 Å². The van der Waals surface area contributed by atoms with Crippen molar-refractivity contribution in [3.63, 3.8) is 0 Å². The zero-order valence-electron chi connectivity index (χ0n) is 18.4. The van der Waals surface area contributed by atoms with Crippen LogP contribution in [0.1, 0.15) is 22.3 Å². The Morgan fingerprint density at radius 3 is 2.35 bits per heavy atom. The minimum atomic E-state index is -0.407. The number of carbonyl (C=O) groups is 1. The second kappa shape index (κ2) is 8.64. The van der Waals surface area contributed by atoms with Gasteiger partial charge in [-0.2, -0.15) is 0 Å². The molecule has 0 spiro atoms. The summed E-state index contributed by atoms with van der Waals surface area (Å²) in [6.07, 6.45) is 0.266. The molecule has 0 fully saturated rings. The van der Waals surface area contributed by atoms with Crippen LogP contribution in [0.15, 0.2) is 54.6 Å². The fourth-order valence-corrected chi connectivity index (χ4v) is 3.68. The molecule has 5 heteroatoms. The maximum absolute atomic E-state index is 11.2. The van der Waals surface area contributed by atoms with E-state index in [2.05, 4.69) is 86.0 Å². The molecule has 3 aromatic carbocycles. The van der Waals surface area contributed by atoms with Gasteiger partial charge in [0.2, 0.25) is 0 Å². The zero-order chi connectivity index (χ0) is 22.0. The molecule has 4 aromatic rings. The molecule has 158 valence electrons. The lowest BCUT2D eigenvalue weighted by molar-refractivity contribution is 0.150. The number of ether oxygens (including phenoxy) is 1. The number of nitrogens with one attached hydrogen (secondary N) is 2. The number of carbonyl (C=O) groups excluding carboxylic acids is 1. The van der Waals surface area contributed by atoms with Gasteiger partial charge in [0.1, 0.15) is 0 Å². The Morgan fingerprint density at radius 2 is 1.61 bits per heavy atom. The van der Waals surface area contributed by atoms with E-state index in [4.69, 9.17) is 9.72 Å². The number of benzene rings is 3. The van der Waals surface area contributed by atoms with E-state index in [1.807, 2.05) is 0 Å². The normalized spacial score (nSPS) is 11.0. The summed E-state index contributed by atoms with van der Waals surface area (Å²) in [5.74, 6) is 0. The van der Waals surface area contributed by atoms with Gasteiger partial charge in [0.15, 0.2) is 0 Å². The van der Waals surface area contributed by atoms with E-state index in [0.29, 0.717) is 13.0 Å². The van der Waals surface area contributed by atoms with E-state index >= 15 is 0 Å². The van der Waals surface area contributed by atoms with Crippen LogP contribution >= 0.6 is 0 Å². The lowest BCUT2D eigenvalue weighted by atomic mass is 10.0.